The van der Waals surface area contributed by atoms with Gasteiger partial charge in [-0.15, -0.1) is 0 Å². The Morgan fingerprint density at radius 3 is 2.26 bits per heavy atom. The van der Waals surface area contributed by atoms with Crippen molar-refractivity contribution < 1.29 is 0 Å². The largest absolute Gasteiger partial charge is 0.322 e. The zero-order valence-corrected chi connectivity index (χ0v) is 12.2. The van der Waals surface area contributed by atoms with Crippen molar-refractivity contribution in [1.82, 2.24) is 9.78 Å². The van der Waals surface area contributed by atoms with E-state index in [0.717, 1.165) is 12.1 Å². The van der Waals surface area contributed by atoms with Gasteiger partial charge in [0, 0.05) is 13.2 Å². The minimum atomic E-state index is -0.0401. The summed E-state index contributed by atoms with van der Waals surface area (Å²) in [6.45, 7) is 6.67. The highest BCUT2D eigenvalue weighted by atomic mass is 15.3. The molecule has 3 heteroatoms. The number of hydrogen-bond acceptors (Lipinski definition) is 2. The van der Waals surface area contributed by atoms with Crippen LogP contribution in [0.15, 0.2) is 36.5 Å². The second kappa shape index (κ2) is 5.17. The van der Waals surface area contributed by atoms with E-state index in [9.17, 15) is 0 Å². The Labute approximate surface area is 115 Å². The third-order valence-corrected chi connectivity index (χ3v) is 3.39. The zero-order chi connectivity index (χ0) is 14.0. The molecule has 0 aliphatic rings. The van der Waals surface area contributed by atoms with Crippen LogP contribution < -0.4 is 5.73 Å². The molecule has 0 saturated carbocycles. The lowest BCUT2D eigenvalue weighted by Crippen LogP contribution is -2.15. The van der Waals surface area contributed by atoms with Crippen LogP contribution in [0.1, 0.15) is 43.6 Å². The molecule has 0 aliphatic heterocycles. The summed E-state index contributed by atoms with van der Waals surface area (Å²) in [5, 5.41) is 4.36. The van der Waals surface area contributed by atoms with Crippen LogP contribution in [0.2, 0.25) is 0 Å². The van der Waals surface area contributed by atoms with Crippen LogP contribution in [0.25, 0.3) is 0 Å². The van der Waals surface area contributed by atoms with E-state index in [1.54, 1.807) is 4.68 Å². The standard InChI is InChI=1S/C16H23N3/c1-16(2,3)13-7-5-12(6-8-13)11-14(17)15-9-10-19(4)18-15/h5-10,14H,11,17H2,1-4H3. The molecule has 1 unspecified atom stereocenters. The summed E-state index contributed by atoms with van der Waals surface area (Å²) in [6, 6.07) is 10.7. The molecule has 0 amide bonds. The van der Waals surface area contributed by atoms with Gasteiger partial charge in [0.25, 0.3) is 0 Å². The predicted molar refractivity (Wildman–Crippen MR) is 79.0 cm³/mol. The lowest BCUT2D eigenvalue weighted by molar-refractivity contribution is 0.589. The van der Waals surface area contributed by atoms with Crippen molar-refractivity contribution in [2.75, 3.05) is 0 Å². The summed E-state index contributed by atoms with van der Waals surface area (Å²) >= 11 is 0. The van der Waals surface area contributed by atoms with Crippen molar-refractivity contribution in [1.29, 1.82) is 0 Å². The molecule has 0 saturated heterocycles. The Balaban J connectivity index is 2.07. The van der Waals surface area contributed by atoms with Crippen molar-refractivity contribution in [3.05, 3.63) is 53.3 Å². The van der Waals surface area contributed by atoms with E-state index in [0.29, 0.717) is 0 Å². The van der Waals surface area contributed by atoms with Gasteiger partial charge in [0.15, 0.2) is 0 Å². The van der Waals surface area contributed by atoms with Crippen LogP contribution in [-0.2, 0) is 18.9 Å². The molecule has 0 bridgehead atoms. The first-order valence-electron chi connectivity index (χ1n) is 6.71. The molecule has 1 heterocycles. The maximum Gasteiger partial charge on any atom is 0.0795 e. The Hall–Kier alpha value is -1.61. The molecule has 1 aromatic carbocycles. The topological polar surface area (TPSA) is 43.8 Å². The number of benzene rings is 1. The number of aryl methyl sites for hydroxylation is 1. The molecule has 1 atom stereocenters. The average Bonchev–Trinajstić information content (AvgIpc) is 2.75. The van der Waals surface area contributed by atoms with Gasteiger partial charge in [-0.25, -0.2) is 0 Å². The highest BCUT2D eigenvalue weighted by Gasteiger charge is 2.14. The van der Waals surface area contributed by atoms with E-state index in [-0.39, 0.29) is 11.5 Å². The summed E-state index contributed by atoms with van der Waals surface area (Å²) in [5.41, 5.74) is 9.94. The quantitative estimate of drug-likeness (QED) is 0.918. The smallest absolute Gasteiger partial charge is 0.0795 e. The monoisotopic (exact) mass is 257 g/mol. The van der Waals surface area contributed by atoms with Crippen LogP contribution >= 0.6 is 0 Å². The van der Waals surface area contributed by atoms with Crippen LogP contribution in [-0.4, -0.2) is 9.78 Å². The van der Waals surface area contributed by atoms with Gasteiger partial charge in [0.05, 0.1) is 11.7 Å². The van der Waals surface area contributed by atoms with Crippen LogP contribution in [0.3, 0.4) is 0 Å². The summed E-state index contributed by atoms with van der Waals surface area (Å²) in [4.78, 5) is 0. The molecule has 19 heavy (non-hydrogen) atoms. The highest BCUT2D eigenvalue weighted by molar-refractivity contribution is 5.28. The first kappa shape index (κ1) is 13.8. The van der Waals surface area contributed by atoms with Crippen molar-refractivity contribution in [3.63, 3.8) is 0 Å². The fourth-order valence-electron chi connectivity index (χ4n) is 2.13. The molecule has 2 aromatic rings. The van der Waals surface area contributed by atoms with Crippen LogP contribution in [0, 0.1) is 0 Å². The number of hydrogen-bond donors (Lipinski definition) is 1. The summed E-state index contributed by atoms with van der Waals surface area (Å²) in [7, 11) is 1.91. The van der Waals surface area contributed by atoms with Gasteiger partial charge in [0.2, 0.25) is 0 Å². The lowest BCUT2D eigenvalue weighted by atomic mass is 9.86. The molecule has 1 aromatic heterocycles. The van der Waals surface area contributed by atoms with E-state index in [2.05, 4.69) is 50.1 Å². The zero-order valence-electron chi connectivity index (χ0n) is 12.2. The molecule has 0 spiro atoms. The summed E-state index contributed by atoms with van der Waals surface area (Å²) in [5.74, 6) is 0. The number of nitrogens with zero attached hydrogens (tertiary/aromatic N) is 2. The minimum Gasteiger partial charge on any atom is -0.322 e. The molecule has 2 rings (SSSR count). The van der Waals surface area contributed by atoms with E-state index < -0.39 is 0 Å². The number of nitrogens with two attached hydrogens (primary N) is 1. The van der Waals surface area contributed by atoms with Gasteiger partial charge < -0.3 is 5.73 Å². The second-order valence-corrected chi connectivity index (χ2v) is 6.17. The predicted octanol–water partition coefficient (Wildman–Crippen LogP) is 2.96. The van der Waals surface area contributed by atoms with Crippen LogP contribution in [0.4, 0.5) is 0 Å². The second-order valence-electron chi connectivity index (χ2n) is 6.17. The highest BCUT2D eigenvalue weighted by Crippen LogP contribution is 2.23. The third kappa shape index (κ3) is 3.44. The summed E-state index contributed by atoms with van der Waals surface area (Å²) in [6.07, 6.45) is 2.75. The maximum atomic E-state index is 6.19. The van der Waals surface area contributed by atoms with Crippen molar-refractivity contribution in [3.8, 4) is 0 Å². The van der Waals surface area contributed by atoms with Crippen molar-refractivity contribution >= 4 is 0 Å². The van der Waals surface area contributed by atoms with Gasteiger partial charge in [-0.2, -0.15) is 5.10 Å². The average molecular weight is 257 g/mol. The Bertz CT molecular complexity index is 532. The fourth-order valence-corrected chi connectivity index (χ4v) is 2.13. The Kier molecular flexibility index (Phi) is 3.76. The van der Waals surface area contributed by atoms with E-state index >= 15 is 0 Å². The van der Waals surface area contributed by atoms with E-state index in [4.69, 9.17) is 5.73 Å². The molecule has 0 aliphatic carbocycles. The minimum absolute atomic E-state index is 0.0401. The fraction of sp³-hybridized carbons (Fsp3) is 0.438. The van der Waals surface area contributed by atoms with Crippen molar-refractivity contribution in [2.24, 2.45) is 12.8 Å². The van der Waals surface area contributed by atoms with Gasteiger partial charge >= 0.3 is 0 Å². The van der Waals surface area contributed by atoms with Gasteiger partial charge in [-0.05, 0) is 29.0 Å². The van der Waals surface area contributed by atoms with E-state index in [1.807, 2.05) is 19.3 Å². The Morgan fingerprint density at radius 1 is 1.16 bits per heavy atom. The molecule has 102 valence electrons. The Morgan fingerprint density at radius 2 is 1.79 bits per heavy atom. The first-order chi connectivity index (χ1) is 8.86. The molecular weight excluding hydrogens is 234 g/mol. The molecule has 0 fully saturated rings. The van der Waals surface area contributed by atoms with Crippen molar-refractivity contribution in [2.45, 2.75) is 38.6 Å². The molecular formula is C16H23N3. The number of rotatable bonds is 3. The molecule has 2 N–H and O–H groups in total. The SMILES string of the molecule is Cn1ccc(C(N)Cc2ccc(C(C)(C)C)cc2)n1. The lowest BCUT2D eigenvalue weighted by Gasteiger charge is -2.19. The molecule has 0 radical (unpaired) electrons. The normalized spacial score (nSPS) is 13.5. The van der Waals surface area contributed by atoms with E-state index in [1.165, 1.54) is 11.1 Å². The van der Waals surface area contributed by atoms with Crippen LogP contribution in [0.5, 0.6) is 0 Å². The van der Waals surface area contributed by atoms with Gasteiger partial charge in [0.1, 0.15) is 0 Å². The van der Waals surface area contributed by atoms with Gasteiger partial charge in [-0.1, -0.05) is 45.0 Å². The third-order valence-electron chi connectivity index (χ3n) is 3.39. The number of aromatic nitrogens is 2. The van der Waals surface area contributed by atoms with Gasteiger partial charge in [-0.3, -0.25) is 4.68 Å². The molecule has 3 nitrogen and oxygen atoms in total. The first-order valence-corrected chi connectivity index (χ1v) is 6.71. The summed E-state index contributed by atoms with van der Waals surface area (Å²) < 4.78 is 1.79. The maximum absolute atomic E-state index is 6.19.